The maximum atomic E-state index is 12.3. The van der Waals surface area contributed by atoms with Crippen molar-refractivity contribution >= 4 is 12.0 Å². The van der Waals surface area contributed by atoms with Crippen molar-refractivity contribution in [1.29, 1.82) is 0 Å². The van der Waals surface area contributed by atoms with Crippen LogP contribution in [0.4, 0.5) is 4.79 Å². The molecule has 20 heavy (non-hydrogen) atoms. The average molecular weight is 282 g/mol. The van der Waals surface area contributed by atoms with Crippen LogP contribution in [0.5, 0.6) is 0 Å². The third kappa shape index (κ3) is 3.74. The molecule has 0 aliphatic heterocycles. The summed E-state index contributed by atoms with van der Waals surface area (Å²) in [5.74, 6) is -0.804. The van der Waals surface area contributed by atoms with E-state index in [9.17, 15) is 14.7 Å². The van der Waals surface area contributed by atoms with E-state index < -0.39 is 11.4 Å². The Labute approximate surface area is 121 Å². The molecule has 0 radical (unpaired) electrons. The van der Waals surface area contributed by atoms with Gasteiger partial charge in [0.25, 0.3) is 0 Å². The Kier molecular flexibility index (Phi) is 5.20. The van der Waals surface area contributed by atoms with Gasteiger partial charge in [0.15, 0.2) is 0 Å². The molecule has 0 aromatic rings. The number of amides is 2. The van der Waals surface area contributed by atoms with Crippen LogP contribution in [0.15, 0.2) is 12.7 Å². The van der Waals surface area contributed by atoms with Crippen LogP contribution in [-0.4, -0.2) is 40.6 Å². The predicted octanol–water partition coefficient (Wildman–Crippen LogP) is 2.63. The molecule has 0 atom stereocenters. The third-order valence-corrected chi connectivity index (χ3v) is 3.96. The van der Waals surface area contributed by atoms with Crippen molar-refractivity contribution < 1.29 is 14.7 Å². The van der Waals surface area contributed by atoms with Gasteiger partial charge in [0.1, 0.15) is 0 Å². The molecule has 1 rings (SSSR count). The first kappa shape index (κ1) is 16.5. The number of carbonyl (C=O) groups excluding carboxylic acids is 1. The average Bonchev–Trinajstić information content (AvgIpc) is 2.81. The first-order valence-electron chi connectivity index (χ1n) is 7.13. The number of carboxylic acid groups (broad SMARTS) is 1. The van der Waals surface area contributed by atoms with E-state index in [-0.39, 0.29) is 18.1 Å². The number of urea groups is 1. The van der Waals surface area contributed by atoms with Crippen LogP contribution in [0.25, 0.3) is 0 Å². The number of rotatable bonds is 5. The lowest BCUT2D eigenvalue weighted by Crippen LogP contribution is -2.53. The number of hydrogen-bond acceptors (Lipinski definition) is 2. The van der Waals surface area contributed by atoms with Crippen LogP contribution in [-0.2, 0) is 4.79 Å². The van der Waals surface area contributed by atoms with E-state index in [1.807, 2.05) is 20.8 Å². The highest BCUT2D eigenvalue weighted by atomic mass is 16.4. The van der Waals surface area contributed by atoms with Gasteiger partial charge in [0.2, 0.25) is 0 Å². The second-order valence-corrected chi connectivity index (χ2v) is 6.52. The summed E-state index contributed by atoms with van der Waals surface area (Å²) in [6, 6.07) is -0.232. The molecule has 0 aromatic carbocycles. The number of nitrogens with one attached hydrogen (secondary N) is 1. The zero-order chi connectivity index (χ0) is 15.4. The maximum Gasteiger partial charge on any atom is 0.318 e. The highest BCUT2D eigenvalue weighted by Gasteiger charge is 2.42. The minimum atomic E-state index is -0.804. The van der Waals surface area contributed by atoms with Crippen molar-refractivity contribution in [2.24, 2.45) is 5.41 Å². The molecule has 1 aliphatic carbocycles. The molecule has 5 nitrogen and oxygen atoms in total. The van der Waals surface area contributed by atoms with Gasteiger partial charge in [-0.3, -0.25) is 4.79 Å². The van der Waals surface area contributed by atoms with Gasteiger partial charge in [-0.1, -0.05) is 18.9 Å². The molecule has 0 heterocycles. The summed E-state index contributed by atoms with van der Waals surface area (Å²) < 4.78 is 0. The zero-order valence-electron chi connectivity index (χ0n) is 12.7. The Hall–Kier alpha value is -1.52. The lowest BCUT2D eigenvalue weighted by atomic mass is 9.86. The van der Waals surface area contributed by atoms with Crippen LogP contribution in [0.2, 0.25) is 0 Å². The molecule has 5 heteroatoms. The van der Waals surface area contributed by atoms with Gasteiger partial charge in [0, 0.05) is 18.6 Å². The lowest BCUT2D eigenvalue weighted by Gasteiger charge is -2.36. The summed E-state index contributed by atoms with van der Waals surface area (Å²) in [5.41, 5.74) is -1.11. The van der Waals surface area contributed by atoms with E-state index >= 15 is 0 Å². The Bertz CT molecular complexity index is 379. The number of aliphatic carboxylic acids is 1. The van der Waals surface area contributed by atoms with Crippen molar-refractivity contribution in [2.75, 3.05) is 13.1 Å². The van der Waals surface area contributed by atoms with Crippen LogP contribution < -0.4 is 5.32 Å². The van der Waals surface area contributed by atoms with E-state index in [0.717, 1.165) is 12.8 Å². The van der Waals surface area contributed by atoms with Crippen molar-refractivity contribution in [3.05, 3.63) is 12.7 Å². The van der Waals surface area contributed by atoms with Crippen LogP contribution in [0, 0.1) is 5.41 Å². The topological polar surface area (TPSA) is 69.6 Å². The van der Waals surface area contributed by atoms with E-state index in [0.29, 0.717) is 19.4 Å². The van der Waals surface area contributed by atoms with Crippen molar-refractivity contribution in [3.8, 4) is 0 Å². The first-order valence-corrected chi connectivity index (χ1v) is 7.13. The van der Waals surface area contributed by atoms with E-state index in [2.05, 4.69) is 11.9 Å². The summed E-state index contributed by atoms with van der Waals surface area (Å²) in [6.45, 7) is 10.1. The highest BCUT2D eigenvalue weighted by Crippen LogP contribution is 2.37. The third-order valence-electron chi connectivity index (χ3n) is 3.96. The minimum Gasteiger partial charge on any atom is -0.481 e. The molecule has 0 saturated heterocycles. The van der Waals surface area contributed by atoms with Crippen LogP contribution in [0.3, 0.4) is 0 Å². The van der Waals surface area contributed by atoms with Gasteiger partial charge < -0.3 is 15.3 Å². The van der Waals surface area contributed by atoms with Crippen molar-refractivity contribution in [3.63, 3.8) is 0 Å². The van der Waals surface area contributed by atoms with E-state index in [1.165, 1.54) is 0 Å². The van der Waals surface area contributed by atoms with E-state index in [1.54, 1.807) is 11.0 Å². The smallest absolute Gasteiger partial charge is 0.318 e. The number of carboxylic acids is 1. The quantitative estimate of drug-likeness (QED) is 0.762. The molecule has 0 bridgehead atoms. The number of nitrogens with zero attached hydrogens (tertiary/aromatic N) is 1. The minimum absolute atomic E-state index is 0.199. The highest BCUT2D eigenvalue weighted by molar-refractivity contribution is 5.79. The molecule has 114 valence electrons. The Morgan fingerprint density at radius 1 is 1.35 bits per heavy atom. The standard InChI is InChI=1S/C15H26N2O3/c1-5-10-17(14(2,3)4)13(20)16-11-15(12(18)19)8-6-7-9-15/h5H,1,6-11H2,2-4H3,(H,16,20)(H,18,19). The monoisotopic (exact) mass is 282 g/mol. The largest absolute Gasteiger partial charge is 0.481 e. The SMILES string of the molecule is C=CCN(C(=O)NCC1(C(=O)O)CCCC1)C(C)(C)C. The summed E-state index contributed by atoms with van der Waals surface area (Å²) in [5, 5.41) is 12.2. The molecule has 1 aliphatic rings. The van der Waals surface area contributed by atoms with E-state index in [4.69, 9.17) is 0 Å². The Morgan fingerprint density at radius 3 is 2.30 bits per heavy atom. The molecule has 2 amide bonds. The Morgan fingerprint density at radius 2 is 1.90 bits per heavy atom. The second-order valence-electron chi connectivity index (χ2n) is 6.52. The fourth-order valence-electron chi connectivity index (χ4n) is 2.65. The summed E-state index contributed by atoms with van der Waals surface area (Å²) in [7, 11) is 0. The first-order chi connectivity index (χ1) is 9.23. The summed E-state index contributed by atoms with van der Waals surface area (Å²) in [6.07, 6.45) is 4.78. The summed E-state index contributed by atoms with van der Waals surface area (Å²) >= 11 is 0. The Balaban J connectivity index is 2.69. The number of hydrogen-bond donors (Lipinski definition) is 2. The second kappa shape index (κ2) is 6.29. The number of carbonyl (C=O) groups is 2. The molecule has 0 aromatic heterocycles. The molecule has 0 unspecified atom stereocenters. The molecular weight excluding hydrogens is 256 g/mol. The maximum absolute atomic E-state index is 12.3. The normalized spacial score (nSPS) is 17.6. The van der Waals surface area contributed by atoms with Gasteiger partial charge in [-0.05, 0) is 33.6 Å². The predicted molar refractivity (Wildman–Crippen MR) is 78.6 cm³/mol. The molecule has 1 fully saturated rings. The van der Waals surface area contributed by atoms with Crippen molar-refractivity contribution in [2.45, 2.75) is 52.0 Å². The van der Waals surface area contributed by atoms with Gasteiger partial charge >= 0.3 is 12.0 Å². The fraction of sp³-hybridized carbons (Fsp3) is 0.733. The van der Waals surface area contributed by atoms with Crippen molar-refractivity contribution in [1.82, 2.24) is 10.2 Å². The molecule has 2 N–H and O–H groups in total. The fourth-order valence-corrected chi connectivity index (χ4v) is 2.65. The van der Waals surface area contributed by atoms with Crippen LogP contribution >= 0.6 is 0 Å². The lowest BCUT2D eigenvalue weighted by molar-refractivity contribution is -0.148. The molecule has 1 saturated carbocycles. The molecule has 0 spiro atoms. The van der Waals surface area contributed by atoms with Gasteiger partial charge in [0.05, 0.1) is 5.41 Å². The van der Waals surface area contributed by atoms with Gasteiger partial charge in [-0.15, -0.1) is 6.58 Å². The van der Waals surface area contributed by atoms with Gasteiger partial charge in [-0.2, -0.15) is 0 Å². The van der Waals surface area contributed by atoms with Gasteiger partial charge in [-0.25, -0.2) is 4.79 Å². The zero-order valence-corrected chi connectivity index (χ0v) is 12.7. The summed E-state index contributed by atoms with van der Waals surface area (Å²) in [4.78, 5) is 25.4. The van der Waals surface area contributed by atoms with Crippen LogP contribution in [0.1, 0.15) is 46.5 Å². The molecular formula is C15H26N2O3.